The van der Waals surface area contributed by atoms with Crippen molar-refractivity contribution >= 4 is 17.3 Å². The van der Waals surface area contributed by atoms with Gasteiger partial charge in [-0.25, -0.2) is 14.4 Å². The standard InChI is InChI=1S/C11H9FN4/c12-8-1-3-9(4-2-8)16-7-15-10-11(16)14-6-5-13-10/h1-6H,7H2,(H,13,15). The summed E-state index contributed by atoms with van der Waals surface area (Å²) >= 11 is 0. The Hall–Kier alpha value is -2.17. The topological polar surface area (TPSA) is 41.0 Å². The fraction of sp³-hybridized carbons (Fsp3) is 0.0909. The van der Waals surface area contributed by atoms with Crippen molar-refractivity contribution in [2.45, 2.75) is 0 Å². The van der Waals surface area contributed by atoms with Crippen LogP contribution in [0.15, 0.2) is 36.7 Å². The molecule has 1 aromatic heterocycles. The Morgan fingerprint density at radius 1 is 1.12 bits per heavy atom. The largest absolute Gasteiger partial charge is 0.349 e. The minimum Gasteiger partial charge on any atom is -0.349 e. The van der Waals surface area contributed by atoms with Crippen LogP contribution in [0.25, 0.3) is 0 Å². The van der Waals surface area contributed by atoms with Crippen molar-refractivity contribution in [2.75, 3.05) is 16.9 Å². The molecule has 0 radical (unpaired) electrons. The summed E-state index contributed by atoms with van der Waals surface area (Å²) < 4.78 is 12.8. The van der Waals surface area contributed by atoms with E-state index >= 15 is 0 Å². The van der Waals surface area contributed by atoms with E-state index in [4.69, 9.17) is 0 Å². The molecule has 2 aromatic rings. The summed E-state index contributed by atoms with van der Waals surface area (Å²) in [6.45, 7) is 0.602. The third kappa shape index (κ3) is 1.37. The molecule has 1 aliphatic heterocycles. The molecule has 1 aromatic carbocycles. The average molecular weight is 216 g/mol. The van der Waals surface area contributed by atoms with E-state index in [1.165, 1.54) is 12.1 Å². The summed E-state index contributed by atoms with van der Waals surface area (Å²) in [7, 11) is 0. The summed E-state index contributed by atoms with van der Waals surface area (Å²) in [5.74, 6) is 1.29. The van der Waals surface area contributed by atoms with Crippen LogP contribution < -0.4 is 10.2 Å². The molecule has 0 saturated heterocycles. The molecule has 0 amide bonds. The molecule has 4 nitrogen and oxygen atoms in total. The third-order valence-corrected chi connectivity index (χ3v) is 2.48. The maximum atomic E-state index is 12.8. The molecule has 0 spiro atoms. The van der Waals surface area contributed by atoms with Gasteiger partial charge in [0.1, 0.15) is 5.82 Å². The summed E-state index contributed by atoms with van der Waals surface area (Å²) in [6, 6.07) is 6.31. The van der Waals surface area contributed by atoms with Crippen LogP contribution >= 0.6 is 0 Å². The highest BCUT2D eigenvalue weighted by atomic mass is 19.1. The Morgan fingerprint density at radius 3 is 2.69 bits per heavy atom. The first-order valence-corrected chi connectivity index (χ1v) is 4.92. The maximum absolute atomic E-state index is 12.8. The molecule has 0 saturated carbocycles. The van der Waals surface area contributed by atoms with Gasteiger partial charge in [-0.2, -0.15) is 0 Å². The van der Waals surface area contributed by atoms with Gasteiger partial charge in [0.25, 0.3) is 0 Å². The summed E-state index contributed by atoms with van der Waals surface area (Å²) in [5.41, 5.74) is 0.896. The minimum atomic E-state index is -0.240. The zero-order chi connectivity index (χ0) is 11.0. The van der Waals surface area contributed by atoms with Gasteiger partial charge < -0.3 is 10.2 Å². The van der Waals surface area contributed by atoms with E-state index in [9.17, 15) is 4.39 Å². The van der Waals surface area contributed by atoms with Crippen LogP contribution in [0.1, 0.15) is 0 Å². The van der Waals surface area contributed by atoms with Gasteiger partial charge in [-0.1, -0.05) is 0 Å². The molecular weight excluding hydrogens is 207 g/mol. The molecule has 0 unspecified atom stereocenters. The first-order valence-electron chi connectivity index (χ1n) is 4.92. The molecule has 80 valence electrons. The number of rotatable bonds is 1. The van der Waals surface area contributed by atoms with E-state index in [1.807, 2.05) is 4.90 Å². The van der Waals surface area contributed by atoms with E-state index < -0.39 is 0 Å². The lowest BCUT2D eigenvalue weighted by Gasteiger charge is -2.16. The van der Waals surface area contributed by atoms with Crippen LogP contribution in [0.3, 0.4) is 0 Å². The Bertz CT molecular complexity index is 512. The number of anilines is 3. The number of hydrogen-bond acceptors (Lipinski definition) is 4. The fourth-order valence-electron chi connectivity index (χ4n) is 1.72. The highest BCUT2D eigenvalue weighted by Crippen LogP contribution is 2.32. The Morgan fingerprint density at radius 2 is 1.88 bits per heavy atom. The molecule has 0 aliphatic carbocycles. The van der Waals surface area contributed by atoms with Gasteiger partial charge in [-0.05, 0) is 24.3 Å². The lowest BCUT2D eigenvalue weighted by Crippen LogP contribution is -2.16. The molecule has 5 heteroatoms. The number of fused-ring (bicyclic) bond motifs is 1. The number of nitrogens with one attached hydrogen (secondary N) is 1. The van der Waals surface area contributed by atoms with Gasteiger partial charge >= 0.3 is 0 Å². The average Bonchev–Trinajstić information content (AvgIpc) is 2.74. The smallest absolute Gasteiger partial charge is 0.177 e. The third-order valence-electron chi connectivity index (χ3n) is 2.48. The second-order valence-corrected chi connectivity index (χ2v) is 3.47. The fourth-order valence-corrected chi connectivity index (χ4v) is 1.72. The lowest BCUT2D eigenvalue weighted by molar-refractivity contribution is 0.628. The predicted octanol–water partition coefficient (Wildman–Crippen LogP) is 2.14. The first-order chi connectivity index (χ1) is 7.84. The number of hydrogen-bond donors (Lipinski definition) is 1. The van der Waals surface area contributed by atoms with Crippen molar-refractivity contribution in [3.8, 4) is 0 Å². The normalized spacial score (nSPS) is 13.4. The van der Waals surface area contributed by atoms with Crippen LogP contribution in [0.5, 0.6) is 0 Å². The van der Waals surface area contributed by atoms with Crippen LogP contribution in [-0.4, -0.2) is 16.6 Å². The molecule has 1 aliphatic rings. The molecule has 0 fully saturated rings. The second-order valence-electron chi connectivity index (χ2n) is 3.47. The van der Waals surface area contributed by atoms with Crippen molar-refractivity contribution < 1.29 is 4.39 Å². The van der Waals surface area contributed by atoms with Crippen molar-refractivity contribution in [1.29, 1.82) is 0 Å². The van der Waals surface area contributed by atoms with Crippen molar-refractivity contribution in [3.05, 3.63) is 42.5 Å². The highest BCUT2D eigenvalue weighted by Gasteiger charge is 2.21. The van der Waals surface area contributed by atoms with Gasteiger partial charge in [-0.3, -0.25) is 0 Å². The lowest BCUT2D eigenvalue weighted by atomic mass is 10.3. The molecule has 3 rings (SSSR count). The molecule has 0 bridgehead atoms. The summed E-state index contributed by atoms with van der Waals surface area (Å²) in [5, 5.41) is 3.12. The second kappa shape index (κ2) is 3.44. The van der Waals surface area contributed by atoms with Gasteiger partial charge in [0.15, 0.2) is 11.6 Å². The zero-order valence-electron chi connectivity index (χ0n) is 8.39. The number of aromatic nitrogens is 2. The maximum Gasteiger partial charge on any atom is 0.177 e. The molecule has 2 heterocycles. The van der Waals surface area contributed by atoms with Crippen LogP contribution in [0.2, 0.25) is 0 Å². The monoisotopic (exact) mass is 216 g/mol. The summed E-state index contributed by atoms with van der Waals surface area (Å²) in [4.78, 5) is 10.4. The Labute approximate surface area is 91.8 Å². The zero-order valence-corrected chi connectivity index (χ0v) is 8.39. The van der Waals surface area contributed by atoms with Gasteiger partial charge in [0.05, 0.1) is 6.67 Å². The van der Waals surface area contributed by atoms with Crippen LogP contribution in [0, 0.1) is 5.82 Å². The predicted molar refractivity (Wildman–Crippen MR) is 59.1 cm³/mol. The van der Waals surface area contributed by atoms with Crippen LogP contribution in [0.4, 0.5) is 21.7 Å². The highest BCUT2D eigenvalue weighted by molar-refractivity contribution is 5.74. The van der Waals surface area contributed by atoms with Gasteiger partial charge in [0.2, 0.25) is 0 Å². The molecule has 16 heavy (non-hydrogen) atoms. The molecular formula is C11H9FN4. The SMILES string of the molecule is Fc1ccc(N2CNc3nccnc32)cc1. The van der Waals surface area contributed by atoms with Gasteiger partial charge in [0, 0.05) is 18.1 Å². The number of benzene rings is 1. The summed E-state index contributed by atoms with van der Waals surface area (Å²) in [6.07, 6.45) is 3.28. The van der Waals surface area contributed by atoms with Crippen LogP contribution in [-0.2, 0) is 0 Å². The molecule has 0 atom stereocenters. The van der Waals surface area contributed by atoms with E-state index in [-0.39, 0.29) is 5.82 Å². The van der Waals surface area contributed by atoms with E-state index in [0.29, 0.717) is 6.67 Å². The van der Waals surface area contributed by atoms with Crippen molar-refractivity contribution in [2.24, 2.45) is 0 Å². The van der Waals surface area contributed by atoms with Crippen molar-refractivity contribution in [1.82, 2.24) is 9.97 Å². The van der Waals surface area contributed by atoms with Crippen molar-refractivity contribution in [3.63, 3.8) is 0 Å². The minimum absolute atomic E-state index is 0.240. The van der Waals surface area contributed by atoms with E-state index in [0.717, 1.165) is 17.3 Å². The number of nitrogens with zero attached hydrogens (tertiary/aromatic N) is 3. The first kappa shape index (κ1) is 9.08. The Kier molecular flexibility index (Phi) is 1.96. The quantitative estimate of drug-likeness (QED) is 0.792. The van der Waals surface area contributed by atoms with Gasteiger partial charge in [-0.15, -0.1) is 0 Å². The molecule has 1 N–H and O–H groups in total. The Balaban J connectivity index is 2.01. The number of halogens is 1. The van der Waals surface area contributed by atoms with E-state index in [1.54, 1.807) is 24.5 Å². The van der Waals surface area contributed by atoms with E-state index in [2.05, 4.69) is 15.3 Å².